The quantitative estimate of drug-likeness (QED) is 0.620. The average molecular weight is 335 g/mol. The Morgan fingerprint density at radius 3 is 2.60 bits per heavy atom. The van der Waals surface area contributed by atoms with E-state index in [0.717, 1.165) is 18.1 Å². The number of aryl methyl sites for hydroxylation is 1. The van der Waals surface area contributed by atoms with Gasteiger partial charge in [0.15, 0.2) is 0 Å². The fourth-order valence-corrected chi connectivity index (χ4v) is 2.46. The normalized spacial score (nSPS) is 10.4. The van der Waals surface area contributed by atoms with Gasteiger partial charge in [0.1, 0.15) is 18.0 Å². The molecule has 0 spiro atoms. The molecule has 1 amide bonds. The van der Waals surface area contributed by atoms with Crippen molar-refractivity contribution < 1.29 is 4.79 Å². The van der Waals surface area contributed by atoms with Crippen LogP contribution in [-0.4, -0.2) is 33.5 Å². The van der Waals surface area contributed by atoms with Gasteiger partial charge >= 0.3 is 0 Å². The lowest BCUT2D eigenvalue weighted by atomic mass is 10.1. The van der Waals surface area contributed by atoms with E-state index in [1.54, 1.807) is 0 Å². The molecule has 2 N–H and O–H groups in total. The molecule has 1 aromatic carbocycles. The number of hydrogen-bond donors (Lipinski definition) is 2. The summed E-state index contributed by atoms with van der Waals surface area (Å²) in [6.45, 7) is 1.16. The Morgan fingerprint density at radius 2 is 1.80 bits per heavy atom. The first-order valence-electron chi connectivity index (χ1n) is 8.31. The Bertz CT molecular complexity index is 787. The molecule has 0 radical (unpaired) electrons. The van der Waals surface area contributed by atoms with Crippen LogP contribution in [0.2, 0.25) is 0 Å². The summed E-state index contributed by atoms with van der Waals surface area (Å²) in [7, 11) is 0. The van der Waals surface area contributed by atoms with Crippen molar-refractivity contribution >= 4 is 11.7 Å². The molecule has 6 nitrogen and oxygen atoms in total. The number of hydrogen-bond acceptors (Lipinski definition) is 4. The maximum atomic E-state index is 11.9. The average Bonchev–Trinajstić information content (AvgIpc) is 3.19. The van der Waals surface area contributed by atoms with Crippen LogP contribution >= 0.6 is 0 Å². The molecular weight excluding hydrogens is 314 g/mol. The van der Waals surface area contributed by atoms with Crippen molar-refractivity contribution in [3.05, 3.63) is 72.8 Å². The molecule has 0 aliphatic heterocycles. The first-order chi connectivity index (χ1) is 12.3. The largest absolute Gasteiger partial charge is 0.368 e. The highest BCUT2D eigenvalue weighted by atomic mass is 16.1. The molecule has 0 aliphatic rings. The van der Waals surface area contributed by atoms with E-state index in [4.69, 9.17) is 0 Å². The monoisotopic (exact) mass is 335 g/mol. The molecule has 0 unspecified atom stereocenters. The summed E-state index contributed by atoms with van der Waals surface area (Å²) in [5, 5.41) is 6.11. The predicted molar refractivity (Wildman–Crippen MR) is 97.6 cm³/mol. The van der Waals surface area contributed by atoms with Crippen LogP contribution in [0.15, 0.2) is 67.3 Å². The number of nitrogens with one attached hydrogen (secondary N) is 2. The fraction of sp³-hybridized carbons (Fsp3) is 0.211. The van der Waals surface area contributed by atoms with Crippen LogP contribution in [0.3, 0.4) is 0 Å². The highest BCUT2D eigenvalue weighted by molar-refractivity contribution is 5.76. The molecule has 0 aliphatic carbocycles. The first-order valence-corrected chi connectivity index (χ1v) is 8.31. The van der Waals surface area contributed by atoms with Crippen LogP contribution in [0.25, 0.3) is 5.82 Å². The minimum Gasteiger partial charge on any atom is -0.368 e. The second kappa shape index (κ2) is 8.63. The Morgan fingerprint density at radius 1 is 1.00 bits per heavy atom. The van der Waals surface area contributed by atoms with Gasteiger partial charge in [0.25, 0.3) is 0 Å². The summed E-state index contributed by atoms with van der Waals surface area (Å²) in [6, 6.07) is 15.8. The van der Waals surface area contributed by atoms with E-state index in [1.165, 1.54) is 11.9 Å². The molecule has 6 heteroatoms. The van der Waals surface area contributed by atoms with Gasteiger partial charge in [-0.05, 0) is 24.1 Å². The minimum absolute atomic E-state index is 0.0568. The van der Waals surface area contributed by atoms with E-state index >= 15 is 0 Å². The van der Waals surface area contributed by atoms with Crippen molar-refractivity contribution in [3.8, 4) is 5.82 Å². The van der Waals surface area contributed by atoms with Crippen molar-refractivity contribution in [2.45, 2.75) is 12.8 Å². The molecule has 0 atom stereocenters. The topological polar surface area (TPSA) is 71.8 Å². The highest BCUT2D eigenvalue weighted by Crippen LogP contribution is 2.08. The molecule has 2 heterocycles. The van der Waals surface area contributed by atoms with Crippen LogP contribution in [-0.2, 0) is 11.2 Å². The van der Waals surface area contributed by atoms with Crippen LogP contribution in [0.4, 0.5) is 5.82 Å². The van der Waals surface area contributed by atoms with Crippen molar-refractivity contribution in [1.29, 1.82) is 0 Å². The molecule has 2 aromatic heterocycles. The molecule has 3 rings (SSSR count). The van der Waals surface area contributed by atoms with Gasteiger partial charge in [0.05, 0.1) is 0 Å². The van der Waals surface area contributed by atoms with Gasteiger partial charge in [-0.25, -0.2) is 9.97 Å². The second-order valence-electron chi connectivity index (χ2n) is 5.61. The van der Waals surface area contributed by atoms with Crippen molar-refractivity contribution in [2.24, 2.45) is 0 Å². The molecule has 0 fully saturated rings. The lowest BCUT2D eigenvalue weighted by Gasteiger charge is -2.09. The fourth-order valence-electron chi connectivity index (χ4n) is 2.46. The standard InChI is InChI=1S/C19H21N5O/c25-19(9-8-16-6-2-1-3-7-16)21-11-10-20-17-14-18(23-15-22-17)24-12-4-5-13-24/h1-7,12-15H,8-11H2,(H,21,25)(H,20,22,23). The Labute approximate surface area is 146 Å². The van der Waals surface area contributed by atoms with Gasteiger partial charge in [-0.15, -0.1) is 0 Å². The summed E-state index contributed by atoms with van der Waals surface area (Å²) < 4.78 is 1.91. The third kappa shape index (κ3) is 5.17. The van der Waals surface area contributed by atoms with Crippen molar-refractivity contribution in [2.75, 3.05) is 18.4 Å². The number of carbonyl (C=O) groups excluding carboxylic acids is 1. The Hall–Kier alpha value is -3.15. The van der Waals surface area contributed by atoms with Gasteiger partial charge in [-0.1, -0.05) is 30.3 Å². The summed E-state index contributed by atoms with van der Waals surface area (Å²) >= 11 is 0. The second-order valence-corrected chi connectivity index (χ2v) is 5.61. The number of rotatable bonds is 8. The lowest BCUT2D eigenvalue weighted by molar-refractivity contribution is -0.120. The molecular formula is C19H21N5O. The Kier molecular flexibility index (Phi) is 5.77. The number of nitrogens with zero attached hydrogens (tertiary/aromatic N) is 3. The summed E-state index contributed by atoms with van der Waals surface area (Å²) in [4.78, 5) is 20.3. The summed E-state index contributed by atoms with van der Waals surface area (Å²) in [5.41, 5.74) is 1.18. The van der Waals surface area contributed by atoms with Gasteiger partial charge in [0.2, 0.25) is 5.91 Å². The van der Waals surface area contributed by atoms with E-state index in [0.29, 0.717) is 19.5 Å². The van der Waals surface area contributed by atoms with Crippen LogP contribution in [0.5, 0.6) is 0 Å². The number of benzene rings is 1. The van der Waals surface area contributed by atoms with Crippen LogP contribution < -0.4 is 10.6 Å². The maximum absolute atomic E-state index is 11.9. The van der Waals surface area contributed by atoms with Crippen LogP contribution in [0.1, 0.15) is 12.0 Å². The van der Waals surface area contributed by atoms with E-state index in [2.05, 4.69) is 20.6 Å². The lowest BCUT2D eigenvalue weighted by Crippen LogP contribution is -2.29. The number of aromatic nitrogens is 3. The molecule has 3 aromatic rings. The van der Waals surface area contributed by atoms with Crippen molar-refractivity contribution in [3.63, 3.8) is 0 Å². The minimum atomic E-state index is 0.0568. The molecule has 0 saturated heterocycles. The number of amides is 1. The third-order valence-corrected chi connectivity index (χ3v) is 3.76. The molecule has 0 bridgehead atoms. The highest BCUT2D eigenvalue weighted by Gasteiger charge is 2.03. The number of carbonyl (C=O) groups is 1. The predicted octanol–water partition coefficient (Wildman–Crippen LogP) is 2.43. The Balaban J connectivity index is 1.38. The summed E-state index contributed by atoms with van der Waals surface area (Å²) in [6.07, 6.45) is 6.63. The van der Waals surface area contributed by atoms with Gasteiger partial charge < -0.3 is 15.2 Å². The van der Waals surface area contributed by atoms with Crippen molar-refractivity contribution in [1.82, 2.24) is 19.9 Å². The first kappa shape index (κ1) is 16.7. The van der Waals surface area contributed by atoms with Crippen LogP contribution in [0, 0.1) is 0 Å². The number of anilines is 1. The summed E-state index contributed by atoms with van der Waals surface area (Å²) in [5.74, 6) is 1.59. The van der Waals surface area contributed by atoms with E-state index in [1.807, 2.05) is 65.5 Å². The molecule has 0 saturated carbocycles. The zero-order valence-corrected chi connectivity index (χ0v) is 13.9. The van der Waals surface area contributed by atoms with E-state index in [9.17, 15) is 4.79 Å². The SMILES string of the molecule is O=C(CCc1ccccc1)NCCNc1cc(-n2cccc2)ncn1. The van der Waals surface area contributed by atoms with E-state index in [-0.39, 0.29) is 5.91 Å². The van der Waals surface area contributed by atoms with Gasteiger partial charge in [0, 0.05) is 38.0 Å². The molecule has 25 heavy (non-hydrogen) atoms. The smallest absolute Gasteiger partial charge is 0.220 e. The molecule has 128 valence electrons. The third-order valence-electron chi connectivity index (χ3n) is 3.76. The van der Waals surface area contributed by atoms with Gasteiger partial charge in [-0.2, -0.15) is 0 Å². The van der Waals surface area contributed by atoms with Gasteiger partial charge in [-0.3, -0.25) is 4.79 Å². The maximum Gasteiger partial charge on any atom is 0.220 e. The zero-order chi connectivity index (χ0) is 17.3. The van der Waals surface area contributed by atoms with E-state index < -0.39 is 0 Å². The zero-order valence-electron chi connectivity index (χ0n) is 13.9.